The van der Waals surface area contributed by atoms with E-state index in [1.807, 2.05) is 10.6 Å². The molecule has 0 unspecified atom stereocenters. The van der Waals surface area contributed by atoms with Crippen LogP contribution in [0.3, 0.4) is 0 Å². The van der Waals surface area contributed by atoms with Crippen LogP contribution in [0.4, 0.5) is 24.7 Å². The number of piperazine rings is 1. The van der Waals surface area contributed by atoms with Gasteiger partial charge in [-0.15, -0.1) is 0 Å². The maximum absolute atomic E-state index is 13.2. The van der Waals surface area contributed by atoms with Gasteiger partial charge in [-0.1, -0.05) is 42.5 Å². The lowest BCUT2D eigenvalue weighted by Gasteiger charge is -2.34. The largest absolute Gasteiger partial charge is 0.416 e. The van der Waals surface area contributed by atoms with E-state index in [-0.39, 0.29) is 6.04 Å². The number of likely N-dealkylation sites (N-methyl/N-ethyl adjacent to an activating group) is 1. The highest BCUT2D eigenvalue weighted by molar-refractivity contribution is 5.85. The van der Waals surface area contributed by atoms with Gasteiger partial charge in [0.1, 0.15) is 5.52 Å². The van der Waals surface area contributed by atoms with Gasteiger partial charge in [-0.2, -0.15) is 13.2 Å². The first-order valence-corrected chi connectivity index (χ1v) is 16.2. The molecule has 8 nitrogen and oxygen atoms in total. The van der Waals surface area contributed by atoms with Gasteiger partial charge in [0.15, 0.2) is 17.3 Å². The summed E-state index contributed by atoms with van der Waals surface area (Å²) in [5, 5.41) is 3.70. The predicted octanol–water partition coefficient (Wildman–Crippen LogP) is 6.39. The van der Waals surface area contributed by atoms with E-state index < -0.39 is 11.7 Å². The average molecular weight is 641 g/mol. The molecule has 2 aromatic heterocycles. The van der Waals surface area contributed by atoms with Crippen LogP contribution < -0.4 is 10.2 Å². The highest BCUT2D eigenvalue weighted by atomic mass is 19.4. The summed E-state index contributed by atoms with van der Waals surface area (Å²) < 4.78 is 41.4. The third-order valence-electron chi connectivity index (χ3n) is 9.27. The number of likely N-dealkylation sites (tertiary alicyclic amines) is 1. The van der Waals surface area contributed by atoms with Crippen molar-refractivity contribution in [2.75, 3.05) is 56.5 Å². The van der Waals surface area contributed by atoms with Crippen LogP contribution in [0.15, 0.2) is 85.2 Å². The van der Waals surface area contributed by atoms with Crippen molar-refractivity contribution in [2.24, 2.45) is 0 Å². The summed E-state index contributed by atoms with van der Waals surface area (Å²) in [7, 11) is 2.15. The van der Waals surface area contributed by atoms with Crippen molar-refractivity contribution < 1.29 is 13.2 Å². The minimum absolute atomic E-state index is 0.229. The van der Waals surface area contributed by atoms with Crippen molar-refractivity contribution in [2.45, 2.75) is 38.1 Å². The highest BCUT2D eigenvalue weighted by Crippen LogP contribution is 2.31. The molecule has 0 aliphatic carbocycles. The number of anilines is 2. The second-order valence-electron chi connectivity index (χ2n) is 12.7. The van der Waals surface area contributed by atoms with Gasteiger partial charge in [-0.05, 0) is 67.4 Å². The fourth-order valence-corrected chi connectivity index (χ4v) is 6.44. The molecule has 47 heavy (non-hydrogen) atoms. The Hall–Kier alpha value is -4.48. The van der Waals surface area contributed by atoms with Gasteiger partial charge >= 0.3 is 6.18 Å². The van der Waals surface area contributed by atoms with Crippen molar-refractivity contribution in [3.05, 3.63) is 102 Å². The van der Waals surface area contributed by atoms with Crippen molar-refractivity contribution in [1.29, 1.82) is 0 Å². The van der Waals surface area contributed by atoms with Gasteiger partial charge in [0.2, 0.25) is 0 Å². The number of piperidine rings is 1. The SMILES string of the molecule is CN1CCN(c2ccc(-c3nc(NC4CCN(Cc5ccccc5)CC4)c4ncn(Cc5ccc(C(F)(F)F)cc5)c4n3)cc2)CC1. The van der Waals surface area contributed by atoms with E-state index in [4.69, 9.17) is 15.0 Å². The molecule has 0 saturated carbocycles. The van der Waals surface area contributed by atoms with Crippen LogP contribution in [0.5, 0.6) is 0 Å². The van der Waals surface area contributed by atoms with E-state index >= 15 is 0 Å². The summed E-state index contributed by atoms with van der Waals surface area (Å²) in [6, 6.07) is 24.4. The molecule has 2 aliphatic rings. The van der Waals surface area contributed by atoms with Crippen LogP contribution in [0.2, 0.25) is 0 Å². The number of nitrogens with one attached hydrogen (secondary N) is 1. The number of nitrogens with zero attached hydrogens (tertiary/aromatic N) is 7. The lowest BCUT2D eigenvalue weighted by Crippen LogP contribution is -2.44. The predicted molar refractivity (Wildman–Crippen MR) is 179 cm³/mol. The summed E-state index contributed by atoms with van der Waals surface area (Å²) >= 11 is 0. The second kappa shape index (κ2) is 13.3. The Morgan fingerprint density at radius 3 is 2.13 bits per heavy atom. The first-order valence-electron chi connectivity index (χ1n) is 16.2. The number of alkyl halides is 3. The Morgan fingerprint density at radius 1 is 0.766 bits per heavy atom. The zero-order valence-corrected chi connectivity index (χ0v) is 26.5. The molecule has 7 rings (SSSR count). The summed E-state index contributed by atoms with van der Waals surface area (Å²) in [5.74, 6) is 1.27. The molecule has 5 aromatic rings. The van der Waals surface area contributed by atoms with Gasteiger partial charge in [-0.3, -0.25) is 4.90 Å². The second-order valence-corrected chi connectivity index (χ2v) is 12.7. The molecule has 0 radical (unpaired) electrons. The average Bonchev–Trinajstić information content (AvgIpc) is 3.49. The molecular weight excluding hydrogens is 601 g/mol. The summed E-state index contributed by atoms with van der Waals surface area (Å²) in [4.78, 5) is 21.9. The molecule has 0 spiro atoms. The van der Waals surface area contributed by atoms with E-state index in [0.29, 0.717) is 29.4 Å². The lowest BCUT2D eigenvalue weighted by atomic mass is 10.0. The minimum atomic E-state index is -4.37. The molecule has 1 N–H and O–H groups in total. The van der Waals surface area contributed by atoms with E-state index in [1.54, 1.807) is 6.33 Å². The summed E-state index contributed by atoms with van der Waals surface area (Å²) in [6.07, 6.45) is -0.731. The summed E-state index contributed by atoms with van der Waals surface area (Å²) in [5.41, 5.74) is 4.75. The molecule has 0 atom stereocenters. The van der Waals surface area contributed by atoms with E-state index in [9.17, 15) is 13.2 Å². The van der Waals surface area contributed by atoms with Crippen molar-refractivity contribution >= 4 is 22.7 Å². The zero-order chi connectivity index (χ0) is 32.4. The molecule has 11 heteroatoms. The Labute approximate surface area is 272 Å². The number of hydrogen-bond donors (Lipinski definition) is 1. The van der Waals surface area contributed by atoms with Crippen molar-refractivity contribution in [3.8, 4) is 11.4 Å². The fourth-order valence-electron chi connectivity index (χ4n) is 6.44. The van der Waals surface area contributed by atoms with Crippen molar-refractivity contribution in [3.63, 3.8) is 0 Å². The van der Waals surface area contributed by atoms with E-state index in [1.165, 1.54) is 23.4 Å². The maximum atomic E-state index is 13.2. The molecule has 2 aliphatic heterocycles. The van der Waals surface area contributed by atoms with Gasteiger partial charge in [0, 0.05) is 63.1 Å². The maximum Gasteiger partial charge on any atom is 0.416 e. The number of benzene rings is 3. The molecule has 244 valence electrons. The Bertz CT molecular complexity index is 1770. The van der Waals surface area contributed by atoms with Crippen LogP contribution in [-0.4, -0.2) is 81.7 Å². The number of hydrogen-bond acceptors (Lipinski definition) is 7. The Morgan fingerprint density at radius 2 is 1.45 bits per heavy atom. The number of aromatic nitrogens is 4. The van der Waals surface area contributed by atoms with Crippen LogP contribution >= 0.6 is 0 Å². The van der Waals surface area contributed by atoms with E-state index in [2.05, 4.69) is 75.6 Å². The first-order chi connectivity index (χ1) is 22.8. The molecule has 2 fully saturated rings. The first kappa shape index (κ1) is 31.1. The Kier molecular flexibility index (Phi) is 8.83. The molecule has 0 amide bonds. The monoisotopic (exact) mass is 640 g/mol. The minimum Gasteiger partial charge on any atom is -0.369 e. The highest BCUT2D eigenvalue weighted by Gasteiger charge is 2.30. The molecule has 4 heterocycles. The molecule has 3 aromatic carbocycles. The Balaban J connectivity index is 1.15. The van der Waals surface area contributed by atoms with Gasteiger partial charge in [0.05, 0.1) is 18.4 Å². The lowest BCUT2D eigenvalue weighted by molar-refractivity contribution is -0.137. The molecular formula is C36H39F3N8. The smallest absolute Gasteiger partial charge is 0.369 e. The normalized spacial score (nSPS) is 17.0. The number of halogens is 3. The number of imidazole rings is 1. The van der Waals surface area contributed by atoms with Crippen LogP contribution in [0.1, 0.15) is 29.5 Å². The molecule has 2 saturated heterocycles. The number of fused-ring (bicyclic) bond motifs is 1. The van der Waals surface area contributed by atoms with E-state index in [0.717, 1.165) is 81.9 Å². The topological polar surface area (TPSA) is 65.3 Å². The third kappa shape index (κ3) is 7.26. The van der Waals surface area contributed by atoms with Gasteiger partial charge in [-0.25, -0.2) is 15.0 Å². The standard InChI is InChI=1S/C36H39F3N8/c1-44-19-21-46(22-20-44)31-13-9-28(10-14-31)33-42-34(41-30-15-17-45(18-16-30)23-26-5-3-2-4-6-26)32-35(43-33)47(25-40-32)24-27-7-11-29(12-8-27)36(37,38)39/h2-14,25,30H,15-24H2,1H3,(H,41,42,43). The fraction of sp³-hybridized carbons (Fsp3) is 0.361. The summed E-state index contributed by atoms with van der Waals surface area (Å²) in [6.45, 7) is 7.26. The molecule has 0 bridgehead atoms. The zero-order valence-electron chi connectivity index (χ0n) is 26.5. The van der Waals surface area contributed by atoms with Gasteiger partial charge < -0.3 is 19.7 Å². The van der Waals surface area contributed by atoms with Crippen LogP contribution in [-0.2, 0) is 19.3 Å². The quantitative estimate of drug-likeness (QED) is 0.211. The van der Waals surface area contributed by atoms with Crippen molar-refractivity contribution in [1.82, 2.24) is 29.3 Å². The third-order valence-corrected chi connectivity index (χ3v) is 9.27. The van der Waals surface area contributed by atoms with Crippen LogP contribution in [0, 0.1) is 0 Å². The van der Waals surface area contributed by atoms with Crippen LogP contribution in [0.25, 0.3) is 22.6 Å². The van der Waals surface area contributed by atoms with Gasteiger partial charge in [0.25, 0.3) is 0 Å². The number of rotatable bonds is 8.